The van der Waals surface area contributed by atoms with Gasteiger partial charge in [0.1, 0.15) is 6.07 Å². The number of ether oxygens (including phenoxy) is 1. The molecular weight excluding hydrogens is 239 g/mol. The minimum absolute atomic E-state index is 0. The first-order valence-corrected chi connectivity index (χ1v) is 2.51. The second-order valence-corrected chi connectivity index (χ2v) is 1.90. The van der Waals surface area contributed by atoms with Crippen molar-refractivity contribution in [1.82, 2.24) is 0 Å². The van der Waals surface area contributed by atoms with E-state index >= 15 is 0 Å². The van der Waals surface area contributed by atoms with E-state index in [9.17, 15) is 4.79 Å². The van der Waals surface area contributed by atoms with Crippen molar-refractivity contribution in [2.75, 3.05) is 0 Å². The molecule has 0 aliphatic heterocycles. The summed E-state index contributed by atoms with van der Waals surface area (Å²) in [7, 11) is 0. The van der Waals surface area contributed by atoms with Gasteiger partial charge in [-0.2, -0.15) is 5.26 Å². The van der Waals surface area contributed by atoms with E-state index in [1.165, 1.54) is 20.3 Å². The van der Waals surface area contributed by atoms with Gasteiger partial charge in [-0.3, -0.25) is 0 Å². The summed E-state index contributed by atoms with van der Waals surface area (Å²) in [6.45, 7) is 4.65. The van der Waals surface area contributed by atoms with Crippen LogP contribution in [0, 0.1) is 11.3 Å². The Hall–Kier alpha value is -0.466. The van der Waals surface area contributed by atoms with Gasteiger partial charge in [-0.25, -0.2) is 0 Å². The second kappa shape index (κ2) is 10.5. The molecule has 0 atom stereocenters. The summed E-state index contributed by atoms with van der Waals surface area (Å²) in [6, 6.07) is 1.76. The molecule has 12 heavy (non-hydrogen) atoms. The molecular formula is C6H7NO4Y+. The molecule has 0 heterocycles. The third-order valence-corrected chi connectivity index (χ3v) is 0.566. The largest absolute Gasteiger partial charge is 3.00 e. The van der Waals surface area contributed by atoms with Crippen LogP contribution >= 0.6 is 0 Å². The van der Waals surface area contributed by atoms with E-state index in [1.807, 2.05) is 0 Å². The van der Waals surface area contributed by atoms with Crippen molar-refractivity contribution in [3.05, 3.63) is 0 Å². The molecule has 0 radical (unpaired) electrons. The number of rotatable bonds is 2. The minimum atomic E-state index is -1.03. The van der Waals surface area contributed by atoms with E-state index in [0.717, 1.165) is 0 Å². The van der Waals surface area contributed by atoms with Crippen LogP contribution < -0.4 is 0 Å². The summed E-state index contributed by atoms with van der Waals surface area (Å²) >= 11 is 0. The average Bonchev–Trinajstić information content (AvgIpc) is 1.90. The molecule has 0 saturated carbocycles. The first kappa shape index (κ1) is 17.6. The van der Waals surface area contributed by atoms with E-state index in [2.05, 4.69) is 4.74 Å². The fraction of sp³-hybridized carbons (Fsp3) is 0.500. The van der Waals surface area contributed by atoms with Gasteiger partial charge in [0.25, 0.3) is 0 Å². The standard InChI is InChI=1S/C5H6NO2.CHO2.Y/c1-5(2,3-6)8-4-7;2-1-3;/h1-2H3;(H,2,3);/q2*-1;+3. The monoisotopic (exact) mass is 246 g/mol. The summed E-state index contributed by atoms with van der Waals surface area (Å²) in [5, 5.41) is 14.9. The molecule has 0 aromatic rings. The smallest absolute Gasteiger partial charge is 0.665 e. The van der Waals surface area contributed by atoms with Gasteiger partial charge >= 0.3 is 32.7 Å². The molecule has 62 valence electrons. The molecule has 0 saturated heterocycles. The molecule has 0 aliphatic carbocycles. The first-order valence-electron chi connectivity index (χ1n) is 2.51. The van der Waals surface area contributed by atoms with Crippen LogP contribution in [0.25, 0.3) is 0 Å². The van der Waals surface area contributed by atoms with Crippen LogP contribution in [0.2, 0.25) is 0 Å². The summed E-state index contributed by atoms with van der Waals surface area (Å²) in [5.74, 6) is 0. The predicted molar refractivity (Wildman–Crippen MR) is 34.8 cm³/mol. The van der Waals surface area contributed by atoms with Gasteiger partial charge in [0.2, 0.25) is 0 Å². The zero-order valence-electron chi connectivity index (χ0n) is 6.70. The van der Waals surface area contributed by atoms with Crippen LogP contribution in [0.1, 0.15) is 13.8 Å². The van der Waals surface area contributed by atoms with E-state index < -0.39 is 5.60 Å². The number of hydrogen-bond acceptors (Lipinski definition) is 4. The molecule has 5 nitrogen and oxygen atoms in total. The van der Waals surface area contributed by atoms with Crippen molar-refractivity contribution < 1.29 is 52.1 Å². The van der Waals surface area contributed by atoms with Crippen molar-refractivity contribution >= 4 is 12.9 Å². The summed E-state index contributed by atoms with van der Waals surface area (Å²) < 4.78 is 4.21. The number of aliphatic hydroxyl groups excluding tert-OH is 1. The van der Waals surface area contributed by atoms with Gasteiger partial charge in [-0.1, -0.05) is 12.9 Å². The maximum atomic E-state index is 9.48. The van der Waals surface area contributed by atoms with Crippen LogP contribution in [0.3, 0.4) is 0 Å². The van der Waals surface area contributed by atoms with E-state index in [1.54, 1.807) is 6.07 Å². The Balaban J connectivity index is -0.000000177. The first-order chi connectivity index (χ1) is 5.04. The van der Waals surface area contributed by atoms with Crippen LogP contribution in [0.15, 0.2) is 0 Å². The Labute approximate surface area is 95.6 Å². The normalized spacial score (nSPS) is 7.42. The number of nitrogens with zero attached hydrogens (tertiary/aromatic N) is 1. The Morgan fingerprint density at radius 2 is 1.83 bits per heavy atom. The van der Waals surface area contributed by atoms with Crippen LogP contribution in [-0.4, -0.2) is 23.7 Å². The minimum Gasteiger partial charge on any atom is -0.665 e. The fourth-order valence-electron chi connectivity index (χ4n) is 0.127. The maximum absolute atomic E-state index is 9.48. The van der Waals surface area contributed by atoms with Crippen LogP contribution in [0.4, 0.5) is 0 Å². The molecule has 0 unspecified atom stereocenters. The van der Waals surface area contributed by atoms with Gasteiger partial charge in [0.05, 0.1) is 0 Å². The fourth-order valence-corrected chi connectivity index (χ4v) is 0.127. The Morgan fingerprint density at radius 3 is 1.92 bits per heavy atom. The second-order valence-electron chi connectivity index (χ2n) is 1.90. The van der Waals surface area contributed by atoms with Gasteiger partial charge in [0, 0.05) is 0 Å². The molecule has 0 spiro atoms. The maximum Gasteiger partial charge on any atom is 3.00 e. The van der Waals surface area contributed by atoms with E-state index in [-0.39, 0.29) is 32.7 Å². The van der Waals surface area contributed by atoms with Crippen LogP contribution in [-0.2, 0) is 47.0 Å². The predicted octanol–water partition coefficient (Wildman–Crippen LogP) is -0.0185. The molecule has 0 aromatic heterocycles. The average molecular weight is 246 g/mol. The SMILES string of the molecule is CC(C)(C#N)O[C-]=O.O=[C-]O.[Y+3]. The van der Waals surface area contributed by atoms with Crippen molar-refractivity contribution in [3.8, 4) is 6.07 Å². The van der Waals surface area contributed by atoms with Crippen molar-refractivity contribution in [2.24, 2.45) is 0 Å². The Morgan fingerprint density at radius 1 is 1.50 bits per heavy atom. The van der Waals surface area contributed by atoms with E-state index in [0.29, 0.717) is 6.47 Å². The number of hydrogen-bond donors (Lipinski definition) is 1. The summed E-state index contributed by atoms with van der Waals surface area (Å²) in [4.78, 5) is 17.7. The van der Waals surface area contributed by atoms with Gasteiger partial charge in [0.15, 0.2) is 5.60 Å². The molecule has 0 fully saturated rings. The Kier molecular flexibility index (Phi) is 15.4. The molecule has 0 amide bonds. The topological polar surface area (TPSA) is 87.4 Å². The Bertz CT molecular complexity index is 163. The van der Waals surface area contributed by atoms with E-state index in [4.69, 9.17) is 15.2 Å². The van der Waals surface area contributed by atoms with Gasteiger partial charge in [-0.05, 0) is 13.8 Å². The summed E-state index contributed by atoms with van der Waals surface area (Å²) in [5.41, 5.74) is -1.03. The molecule has 0 aliphatic rings. The van der Waals surface area contributed by atoms with Crippen molar-refractivity contribution in [3.63, 3.8) is 0 Å². The number of nitriles is 1. The van der Waals surface area contributed by atoms with Gasteiger partial charge in [-0.15, -0.1) is 0 Å². The van der Waals surface area contributed by atoms with Crippen LogP contribution in [0.5, 0.6) is 0 Å². The zero-order chi connectivity index (χ0) is 9.33. The van der Waals surface area contributed by atoms with Gasteiger partial charge < -0.3 is 19.4 Å². The molecule has 0 rings (SSSR count). The quantitative estimate of drug-likeness (QED) is 0.692. The van der Waals surface area contributed by atoms with Crippen molar-refractivity contribution in [2.45, 2.75) is 19.4 Å². The molecule has 1 N–H and O–H groups in total. The molecule has 0 bridgehead atoms. The zero-order valence-corrected chi connectivity index (χ0v) is 9.53. The molecule has 6 heteroatoms. The third-order valence-electron chi connectivity index (χ3n) is 0.566. The molecule has 0 aromatic carbocycles. The third kappa shape index (κ3) is 16.3. The summed E-state index contributed by atoms with van der Waals surface area (Å²) in [6.07, 6.45) is 0. The number of carbonyl (C=O) groups excluding carboxylic acids is 1. The van der Waals surface area contributed by atoms with Crippen molar-refractivity contribution in [1.29, 1.82) is 5.26 Å².